The first-order chi connectivity index (χ1) is 17.4. The Morgan fingerprint density at radius 1 is 1.33 bits per heavy atom. The average Bonchev–Trinajstić information content (AvgIpc) is 3.57. The molecule has 9 nitrogen and oxygen atoms in total. The molecule has 0 spiro atoms. The maximum atomic E-state index is 13.7. The van der Waals surface area contributed by atoms with Crippen LogP contribution in [0.4, 0.5) is 8.78 Å². The van der Waals surface area contributed by atoms with Gasteiger partial charge in [0.25, 0.3) is 5.70 Å². The third-order valence-electron chi connectivity index (χ3n) is 6.50. The van der Waals surface area contributed by atoms with Gasteiger partial charge in [-0.1, -0.05) is 12.6 Å². The van der Waals surface area contributed by atoms with E-state index in [1.165, 1.54) is 0 Å². The Labute approximate surface area is 206 Å². The largest absolute Gasteiger partial charge is 0.453 e. The zero-order chi connectivity index (χ0) is 25.4. The average molecular weight is 490 g/mol. The number of hydrogen-bond donors (Lipinski definition) is 0. The molecular formula is C25H23F2N8O+. The van der Waals surface area contributed by atoms with Gasteiger partial charge in [-0.25, -0.2) is 4.98 Å². The van der Waals surface area contributed by atoms with E-state index >= 15 is 0 Å². The summed E-state index contributed by atoms with van der Waals surface area (Å²) in [6.07, 6.45) is 7.70. The van der Waals surface area contributed by atoms with Crippen molar-refractivity contribution in [3.05, 3.63) is 66.4 Å². The van der Waals surface area contributed by atoms with Crippen LogP contribution in [-0.4, -0.2) is 42.9 Å². The third kappa shape index (κ3) is 4.11. The number of pyridine rings is 1. The number of halogens is 2. The van der Waals surface area contributed by atoms with E-state index < -0.39 is 6.55 Å². The molecule has 2 aliphatic rings. The van der Waals surface area contributed by atoms with E-state index in [1.807, 2.05) is 20.1 Å². The van der Waals surface area contributed by atoms with Crippen LogP contribution < -0.4 is 4.74 Å². The first-order valence-electron chi connectivity index (χ1n) is 11.4. The lowest BCUT2D eigenvalue weighted by Crippen LogP contribution is -2.27. The molecule has 1 fully saturated rings. The van der Waals surface area contributed by atoms with E-state index in [4.69, 9.17) is 4.74 Å². The molecule has 182 valence electrons. The summed E-state index contributed by atoms with van der Waals surface area (Å²) in [5.74, 6) is 0.507. The standard InChI is InChI=1S/C25H23F2N8O/c1-15-18(7-9-33(15)13-28)12-35-16(2)23(31-32-35)19-10-21-24(34(14-30-21)25(26)27)22(11-19)36-17(3)20-6-4-5-8-29-20/h4-6,8,10-12,14-15,18,25H,3,7,9H2,1-2H3/q+1/b35-12+/t15-,18?/m0/s1. The van der Waals surface area contributed by atoms with Gasteiger partial charge in [-0.3, -0.25) is 9.55 Å². The molecule has 3 aromatic rings. The molecule has 0 N–H and O–H groups in total. The molecule has 4 heterocycles. The van der Waals surface area contributed by atoms with Crippen LogP contribution in [0.3, 0.4) is 0 Å². The third-order valence-corrected chi connectivity index (χ3v) is 6.50. The zero-order valence-electron chi connectivity index (χ0n) is 19.7. The second-order valence-electron chi connectivity index (χ2n) is 8.62. The number of rotatable bonds is 6. The Bertz CT molecular complexity index is 1470. The summed E-state index contributed by atoms with van der Waals surface area (Å²) in [5, 5.41) is 17.9. The Hall–Kier alpha value is -4.46. The van der Waals surface area contributed by atoms with Gasteiger partial charge in [-0.05, 0) is 37.6 Å². The van der Waals surface area contributed by atoms with Gasteiger partial charge < -0.3 is 9.64 Å². The minimum absolute atomic E-state index is 0.0642. The number of hydrogen-bond acceptors (Lipinski definition) is 7. The van der Waals surface area contributed by atoms with Crippen molar-refractivity contribution in [2.75, 3.05) is 6.54 Å². The topological polar surface area (TPSA) is 94.7 Å². The maximum absolute atomic E-state index is 13.7. The predicted molar refractivity (Wildman–Crippen MR) is 129 cm³/mol. The summed E-state index contributed by atoms with van der Waals surface area (Å²) in [4.78, 5) is 10.1. The van der Waals surface area contributed by atoms with Crippen molar-refractivity contribution in [2.24, 2.45) is 16.3 Å². The van der Waals surface area contributed by atoms with Gasteiger partial charge in [0.05, 0.1) is 10.6 Å². The number of imidazole rings is 1. The fourth-order valence-corrected chi connectivity index (χ4v) is 4.44. The summed E-state index contributed by atoms with van der Waals surface area (Å²) in [5.41, 5.74) is 2.88. The molecule has 5 rings (SSSR count). The number of nitrogens with zero attached hydrogens (tertiary/aromatic N) is 8. The highest BCUT2D eigenvalue weighted by atomic mass is 19.3. The highest BCUT2D eigenvalue weighted by Gasteiger charge is 2.33. The Morgan fingerprint density at radius 3 is 2.86 bits per heavy atom. The lowest BCUT2D eigenvalue weighted by Gasteiger charge is -2.15. The molecule has 1 saturated heterocycles. The Kier molecular flexibility index (Phi) is 6.01. The molecule has 0 bridgehead atoms. The molecule has 2 aromatic heterocycles. The molecule has 36 heavy (non-hydrogen) atoms. The van der Waals surface area contributed by atoms with Crippen molar-refractivity contribution in [2.45, 2.75) is 32.9 Å². The number of benzene rings is 1. The number of fused-ring (bicyclic) bond motifs is 1. The fraction of sp³-hybridized carbons (Fsp3) is 0.280. The van der Waals surface area contributed by atoms with Gasteiger partial charge in [0.15, 0.2) is 17.6 Å². The first kappa shape index (κ1) is 23.3. The molecule has 2 aliphatic heterocycles. The lowest BCUT2D eigenvalue weighted by atomic mass is 10.0. The van der Waals surface area contributed by atoms with Crippen LogP contribution in [-0.2, 0) is 0 Å². The summed E-state index contributed by atoms with van der Waals surface area (Å²) < 4.78 is 35.9. The van der Waals surface area contributed by atoms with Crippen LogP contribution in [0.5, 0.6) is 5.75 Å². The van der Waals surface area contributed by atoms with Crippen LogP contribution in [0.25, 0.3) is 22.5 Å². The van der Waals surface area contributed by atoms with Crippen LogP contribution in [0.2, 0.25) is 0 Å². The molecule has 0 amide bonds. The van der Waals surface area contributed by atoms with E-state index in [-0.39, 0.29) is 29.0 Å². The molecule has 11 heteroatoms. The minimum atomic E-state index is -2.80. The van der Waals surface area contributed by atoms with Gasteiger partial charge in [0, 0.05) is 37.2 Å². The number of likely N-dealkylation sites (tertiary alicyclic amines) is 1. The van der Waals surface area contributed by atoms with Gasteiger partial charge in [0.2, 0.25) is 0 Å². The van der Waals surface area contributed by atoms with Crippen LogP contribution in [0.15, 0.2) is 65.5 Å². The predicted octanol–water partition coefficient (Wildman–Crippen LogP) is 5.22. The number of nitriles is 1. The molecule has 1 aromatic carbocycles. The van der Waals surface area contributed by atoms with Crippen LogP contribution >= 0.6 is 0 Å². The van der Waals surface area contributed by atoms with Gasteiger partial charge in [-0.15, -0.1) is 4.68 Å². The summed E-state index contributed by atoms with van der Waals surface area (Å²) in [6.45, 7) is 5.71. The van der Waals surface area contributed by atoms with Crippen molar-refractivity contribution in [1.29, 1.82) is 5.26 Å². The van der Waals surface area contributed by atoms with E-state index in [0.717, 1.165) is 23.0 Å². The van der Waals surface area contributed by atoms with Crippen LogP contribution in [0.1, 0.15) is 38.1 Å². The van der Waals surface area contributed by atoms with Crippen LogP contribution in [0, 0.1) is 17.4 Å². The van der Waals surface area contributed by atoms with Crippen molar-refractivity contribution < 1.29 is 18.2 Å². The van der Waals surface area contributed by atoms with Crippen molar-refractivity contribution >= 4 is 28.7 Å². The van der Waals surface area contributed by atoms with E-state index in [2.05, 4.69) is 33.1 Å². The molecule has 1 unspecified atom stereocenters. The second-order valence-corrected chi connectivity index (χ2v) is 8.62. The van der Waals surface area contributed by atoms with E-state index in [9.17, 15) is 14.0 Å². The fourth-order valence-electron chi connectivity index (χ4n) is 4.44. The summed E-state index contributed by atoms with van der Waals surface area (Å²) in [6, 6.07) is 8.64. The second kappa shape index (κ2) is 9.30. The number of aromatic nitrogens is 3. The van der Waals surface area contributed by atoms with Crippen molar-refractivity contribution in [3.63, 3.8) is 0 Å². The number of ether oxygens (including phenoxy) is 1. The molecular weight excluding hydrogens is 466 g/mol. The number of allylic oxidation sites excluding steroid dienone is 1. The molecule has 0 aliphatic carbocycles. The van der Waals surface area contributed by atoms with Gasteiger partial charge >= 0.3 is 6.55 Å². The maximum Gasteiger partial charge on any atom is 0.320 e. The molecule has 2 atom stereocenters. The Morgan fingerprint density at radius 2 is 2.17 bits per heavy atom. The number of alkyl halides is 2. The van der Waals surface area contributed by atoms with Crippen molar-refractivity contribution in [1.82, 2.24) is 19.4 Å². The quantitative estimate of drug-likeness (QED) is 0.269. The summed E-state index contributed by atoms with van der Waals surface area (Å²) in [7, 11) is 0. The minimum Gasteiger partial charge on any atom is -0.453 e. The molecule has 0 radical (unpaired) electrons. The van der Waals surface area contributed by atoms with Gasteiger partial charge in [-0.2, -0.15) is 14.0 Å². The first-order valence-corrected chi connectivity index (χ1v) is 11.4. The highest BCUT2D eigenvalue weighted by Crippen LogP contribution is 2.37. The van der Waals surface area contributed by atoms with E-state index in [0.29, 0.717) is 29.0 Å². The highest BCUT2D eigenvalue weighted by molar-refractivity contribution is 5.88. The lowest BCUT2D eigenvalue weighted by molar-refractivity contribution is -0.480. The summed E-state index contributed by atoms with van der Waals surface area (Å²) >= 11 is 0. The van der Waals surface area contributed by atoms with Gasteiger partial charge in [0.1, 0.15) is 34.7 Å². The SMILES string of the molecule is C=C(Oc1cc(C2=C(C)/[N+](=C\C3CCN(C#N)[C@H]3C)N=N2)cc2ncn(C(F)F)c12)c1ccccn1. The smallest absolute Gasteiger partial charge is 0.320 e. The normalized spacial score (nSPS) is 20.7. The molecule has 0 saturated carbocycles. The Balaban J connectivity index is 1.54. The van der Waals surface area contributed by atoms with E-state index in [1.54, 1.807) is 46.1 Å². The van der Waals surface area contributed by atoms with Crippen molar-refractivity contribution in [3.8, 4) is 11.9 Å². The zero-order valence-corrected chi connectivity index (χ0v) is 19.7. The monoisotopic (exact) mass is 489 g/mol.